The van der Waals surface area contributed by atoms with Crippen molar-refractivity contribution >= 4 is 27.5 Å². The number of H-pyrrole nitrogens is 1. The lowest BCUT2D eigenvalue weighted by molar-refractivity contribution is 0.0319. The van der Waals surface area contributed by atoms with E-state index in [-0.39, 0.29) is 5.56 Å². The number of rotatable bonds is 3. The Bertz CT molecular complexity index is 1030. The van der Waals surface area contributed by atoms with Gasteiger partial charge in [-0.25, -0.2) is 9.78 Å². The van der Waals surface area contributed by atoms with Crippen molar-refractivity contribution in [3.8, 4) is 0 Å². The fourth-order valence-electron chi connectivity index (χ4n) is 2.79. The molecule has 25 heavy (non-hydrogen) atoms. The minimum Gasteiger partial charge on any atom is -0.451 e. The first-order chi connectivity index (χ1) is 11.8. The molecule has 0 radical (unpaired) electrons. The summed E-state index contributed by atoms with van der Waals surface area (Å²) in [6.45, 7) is 9.43. The molecule has 1 aromatic carbocycles. The lowest BCUT2D eigenvalue weighted by Gasteiger charge is -2.14. The molecule has 3 rings (SSSR count). The predicted octanol–water partition coefficient (Wildman–Crippen LogP) is 4.14. The maximum absolute atomic E-state index is 12.4. The van der Waals surface area contributed by atoms with E-state index in [0.717, 1.165) is 21.6 Å². The average molecular weight is 356 g/mol. The molecule has 130 valence electrons. The molecule has 0 aliphatic rings. The first kappa shape index (κ1) is 17.4. The van der Waals surface area contributed by atoms with E-state index in [1.807, 2.05) is 39.8 Å². The Balaban J connectivity index is 1.90. The number of aromatic amines is 1. The van der Waals surface area contributed by atoms with Crippen LogP contribution in [0.25, 0.3) is 10.2 Å². The molecule has 6 heteroatoms. The van der Waals surface area contributed by atoms with Crippen molar-refractivity contribution in [1.29, 1.82) is 0 Å². The Kier molecular flexibility index (Phi) is 4.47. The third kappa shape index (κ3) is 3.22. The molecule has 1 N–H and O–H groups in total. The van der Waals surface area contributed by atoms with Crippen molar-refractivity contribution < 1.29 is 9.53 Å². The molecule has 0 saturated carbocycles. The molecular weight excluding hydrogens is 336 g/mol. The molecule has 0 bridgehead atoms. The van der Waals surface area contributed by atoms with E-state index in [4.69, 9.17) is 4.74 Å². The Morgan fingerprint density at radius 2 is 1.96 bits per heavy atom. The number of hydrogen-bond acceptors (Lipinski definition) is 5. The smallest absolute Gasteiger partial charge is 0.339 e. The summed E-state index contributed by atoms with van der Waals surface area (Å²) in [5.41, 5.74) is 3.21. The Morgan fingerprint density at radius 1 is 1.24 bits per heavy atom. The highest BCUT2D eigenvalue weighted by atomic mass is 32.1. The summed E-state index contributed by atoms with van der Waals surface area (Å²) in [7, 11) is 0. The standard InChI is InChI=1S/C19H20N2O3S/c1-9-6-7-14(10(2)8-9)19(23)24-12(4)16-20-17(22)15-11(3)13(5)25-18(15)21-16/h6-8,12H,1-5H3,(H,20,21,22)/t12-/m0/s1. The van der Waals surface area contributed by atoms with E-state index in [2.05, 4.69) is 9.97 Å². The van der Waals surface area contributed by atoms with E-state index in [1.165, 1.54) is 11.3 Å². The number of ether oxygens (including phenoxy) is 1. The van der Waals surface area contributed by atoms with Gasteiger partial charge in [0.05, 0.1) is 10.9 Å². The maximum atomic E-state index is 12.4. The van der Waals surface area contributed by atoms with Gasteiger partial charge in [-0.2, -0.15) is 0 Å². The number of thiophene rings is 1. The Morgan fingerprint density at radius 3 is 2.64 bits per heavy atom. The van der Waals surface area contributed by atoms with Gasteiger partial charge in [-0.15, -0.1) is 11.3 Å². The van der Waals surface area contributed by atoms with Gasteiger partial charge in [0.25, 0.3) is 5.56 Å². The van der Waals surface area contributed by atoms with Crippen LogP contribution in [0.5, 0.6) is 0 Å². The van der Waals surface area contributed by atoms with Crippen molar-refractivity contribution in [2.45, 2.75) is 40.7 Å². The van der Waals surface area contributed by atoms with Crippen LogP contribution in [-0.2, 0) is 4.74 Å². The van der Waals surface area contributed by atoms with Crippen molar-refractivity contribution in [2.24, 2.45) is 0 Å². The number of esters is 1. The lowest BCUT2D eigenvalue weighted by atomic mass is 10.1. The number of fused-ring (bicyclic) bond motifs is 1. The van der Waals surface area contributed by atoms with E-state index >= 15 is 0 Å². The van der Waals surface area contributed by atoms with Crippen molar-refractivity contribution in [3.05, 3.63) is 61.5 Å². The van der Waals surface area contributed by atoms with Gasteiger partial charge in [0.2, 0.25) is 0 Å². The number of hydrogen-bond donors (Lipinski definition) is 1. The lowest BCUT2D eigenvalue weighted by Crippen LogP contribution is -2.17. The molecule has 0 aliphatic carbocycles. The van der Waals surface area contributed by atoms with Gasteiger partial charge < -0.3 is 9.72 Å². The van der Waals surface area contributed by atoms with Crippen LogP contribution in [0.4, 0.5) is 0 Å². The Hall–Kier alpha value is -2.47. The quantitative estimate of drug-likeness (QED) is 0.716. The molecule has 2 aromatic heterocycles. The van der Waals surface area contributed by atoms with Gasteiger partial charge in [0, 0.05) is 4.88 Å². The number of carbonyl (C=O) groups excluding carboxylic acids is 1. The molecule has 0 fully saturated rings. The number of nitrogens with zero attached hydrogens (tertiary/aromatic N) is 1. The highest BCUT2D eigenvalue weighted by Gasteiger charge is 2.19. The minimum atomic E-state index is -0.645. The summed E-state index contributed by atoms with van der Waals surface area (Å²) in [5.74, 6) is -0.0665. The Labute approximate surface area is 149 Å². The van der Waals surface area contributed by atoms with Crippen LogP contribution in [0.1, 0.15) is 50.8 Å². The van der Waals surface area contributed by atoms with E-state index in [1.54, 1.807) is 13.0 Å². The first-order valence-electron chi connectivity index (χ1n) is 8.06. The molecule has 1 atom stereocenters. The van der Waals surface area contributed by atoms with Crippen molar-refractivity contribution in [2.75, 3.05) is 0 Å². The molecule has 0 amide bonds. The van der Waals surface area contributed by atoms with Gasteiger partial charge in [0.1, 0.15) is 4.83 Å². The largest absolute Gasteiger partial charge is 0.451 e. The van der Waals surface area contributed by atoms with Crippen LogP contribution < -0.4 is 5.56 Å². The number of benzene rings is 1. The second-order valence-corrected chi connectivity index (χ2v) is 7.48. The highest BCUT2D eigenvalue weighted by Crippen LogP contribution is 2.27. The molecule has 0 aliphatic heterocycles. The summed E-state index contributed by atoms with van der Waals surface area (Å²) in [6, 6.07) is 5.56. The van der Waals surface area contributed by atoms with Gasteiger partial charge in [-0.05, 0) is 51.8 Å². The number of aromatic nitrogens is 2. The van der Waals surface area contributed by atoms with E-state index < -0.39 is 12.1 Å². The second kappa shape index (κ2) is 6.44. The fourth-order valence-corrected chi connectivity index (χ4v) is 3.82. The first-order valence-corrected chi connectivity index (χ1v) is 8.87. The van der Waals surface area contributed by atoms with Gasteiger partial charge in [-0.1, -0.05) is 17.7 Å². The molecule has 0 spiro atoms. The van der Waals surface area contributed by atoms with Crippen LogP contribution in [0, 0.1) is 27.7 Å². The number of nitrogens with one attached hydrogen (secondary N) is 1. The third-order valence-electron chi connectivity index (χ3n) is 4.33. The summed E-state index contributed by atoms with van der Waals surface area (Å²) in [4.78, 5) is 33.7. The molecule has 2 heterocycles. The van der Waals surface area contributed by atoms with Crippen LogP contribution in [0.3, 0.4) is 0 Å². The predicted molar refractivity (Wildman–Crippen MR) is 99.5 cm³/mol. The van der Waals surface area contributed by atoms with Gasteiger partial charge in [-0.3, -0.25) is 4.79 Å². The van der Waals surface area contributed by atoms with E-state index in [9.17, 15) is 9.59 Å². The normalized spacial score (nSPS) is 12.4. The third-order valence-corrected chi connectivity index (χ3v) is 5.43. The maximum Gasteiger partial charge on any atom is 0.339 e. The number of carbonyl (C=O) groups is 1. The molecule has 5 nitrogen and oxygen atoms in total. The molecular formula is C19H20N2O3S. The van der Waals surface area contributed by atoms with Crippen LogP contribution >= 0.6 is 11.3 Å². The summed E-state index contributed by atoms with van der Waals surface area (Å²) >= 11 is 1.47. The van der Waals surface area contributed by atoms with Crippen molar-refractivity contribution in [1.82, 2.24) is 9.97 Å². The topological polar surface area (TPSA) is 72.0 Å². The van der Waals surface area contributed by atoms with Crippen LogP contribution in [0.2, 0.25) is 0 Å². The average Bonchev–Trinajstić information content (AvgIpc) is 2.82. The van der Waals surface area contributed by atoms with Gasteiger partial charge >= 0.3 is 5.97 Å². The van der Waals surface area contributed by atoms with Gasteiger partial charge in [0.15, 0.2) is 11.9 Å². The molecule has 3 aromatic rings. The van der Waals surface area contributed by atoms with Crippen molar-refractivity contribution in [3.63, 3.8) is 0 Å². The molecule has 0 saturated heterocycles. The summed E-state index contributed by atoms with van der Waals surface area (Å²) in [5, 5.41) is 0.610. The fraction of sp³-hybridized carbons (Fsp3) is 0.316. The number of aryl methyl sites for hydroxylation is 4. The monoisotopic (exact) mass is 356 g/mol. The summed E-state index contributed by atoms with van der Waals surface area (Å²) in [6.07, 6.45) is -0.645. The summed E-state index contributed by atoms with van der Waals surface area (Å²) < 4.78 is 5.52. The van der Waals surface area contributed by atoms with Crippen LogP contribution in [0.15, 0.2) is 23.0 Å². The van der Waals surface area contributed by atoms with E-state index in [0.29, 0.717) is 21.6 Å². The van der Waals surface area contributed by atoms with Crippen LogP contribution in [-0.4, -0.2) is 15.9 Å². The zero-order chi connectivity index (χ0) is 18.3. The zero-order valence-electron chi connectivity index (χ0n) is 14.9. The molecule has 0 unspecified atom stereocenters. The second-order valence-electron chi connectivity index (χ2n) is 6.28. The SMILES string of the molecule is Cc1ccc(C(=O)O[C@@H](C)c2nc3sc(C)c(C)c3c(=O)[nH]2)c(C)c1. The zero-order valence-corrected chi connectivity index (χ0v) is 15.7. The highest BCUT2D eigenvalue weighted by molar-refractivity contribution is 7.18. The minimum absolute atomic E-state index is 0.198.